The molecule has 1 N–H and O–H groups in total. The highest BCUT2D eigenvalue weighted by Gasteiger charge is 2.38. The zero-order valence-corrected chi connectivity index (χ0v) is 14.6. The van der Waals surface area contributed by atoms with Gasteiger partial charge >= 0.3 is 18.2 Å². The summed E-state index contributed by atoms with van der Waals surface area (Å²) in [6, 6.07) is 10.9. The van der Waals surface area contributed by atoms with Crippen molar-refractivity contribution in [1.82, 2.24) is 10.1 Å². The summed E-state index contributed by atoms with van der Waals surface area (Å²) in [6.07, 6.45) is -9.15. The Balaban J connectivity index is 0.00000280. The minimum atomic E-state index is -4.72. The van der Waals surface area contributed by atoms with E-state index >= 15 is 0 Å². The molecule has 3 aromatic rings. The lowest BCUT2D eigenvalue weighted by Gasteiger charge is -2.10. The van der Waals surface area contributed by atoms with Gasteiger partial charge in [0.2, 0.25) is 5.82 Å². The maximum Gasteiger partial charge on any atom is 0.471 e. The molecule has 1 heterocycles. The molecule has 0 atom stereocenters. The number of benzene rings is 2. The fourth-order valence-corrected chi connectivity index (χ4v) is 2.24. The summed E-state index contributed by atoms with van der Waals surface area (Å²) in [7, 11) is 0. The molecule has 28 heavy (non-hydrogen) atoms. The van der Waals surface area contributed by atoms with Gasteiger partial charge in [-0.25, -0.2) is 0 Å². The molecule has 4 nitrogen and oxygen atoms in total. The average Bonchev–Trinajstić information content (AvgIpc) is 3.10. The third-order valence-corrected chi connectivity index (χ3v) is 3.57. The zero-order valence-electron chi connectivity index (χ0n) is 13.8. The third-order valence-electron chi connectivity index (χ3n) is 3.57. The largest absolute Gasteiger partial charge is 0.471 e. The second kappa shape index (κ2) is 8.09. The van der Waals surface area contributed by atoms with Gasteiger partial charge in [0.15, 0.2) is 0 Å². The quantitative estimate of drug-likeness (QED) is 0.538. The molecule has 11 heteroatoms. The molecule has 0 fully saturated rings. The van der Waals surface area contributed by atoms with Crippen molar-refractivity contribution in [3.8, 4) is 11.4 Å². The molecular formula is C17H12ClF6N3O. The summed E-state index contributed by atoms with van der Waals surface area (Å²) in [6.45, 7) is 0.224. The van der Waals surface area contributed by atoms with E-state index in [-0.39, 0.29) is 24.8 Å². The van der Waals surface area contributed by atoms with E-state index in [1.165, 1.54) is 24.3 Å². The summed E-state index contributed by atoms with van der Waals surface area (Å²) in [4.78, 5) is 3.28. The van der Waals surface area contributed by atoms with E-state index in [9.17, 15) is 26.3 Å². The number of hydrogen-bond acceptors (Lipinski definition) is 4. The molecule has 0 aliphatic rings. The zero-order chi connectivity index (χ0) is 19.7. The second-order valence-corrected chi connectivity index (χ2v) is 5.55. The molecule has 0 amide bonds. The van der Waals surface area contributed by atoms with Crippen molar-refractivity contribution in [2.24, 2.45) is 0 Å². The standard InChI is InChI=1S/C17H11F6N3O.ClH/c18-16(19,20)12-2-1-3-13(8-12)24-9-10-4-6-11(7-5-10)14-25-15(27-26-14)17(21,22)23;/h1-8,24H,9H2;1H. The van der Waals surface area contributed by atoms with Crippen LogP contribution >= 0.6 is 12.4 Å². The van der Waals surface area contributed by atoms with E-state index in [0.717, 1.165) is 12.1 Å². The van der Waals surface area contributed by atoms with Gasteiger partial charge in [-0.15, -0.1) is 12.4 Å². The topological polar surface area (TPSA) is 51.0 Å². The van der Waals surface area contributed by atoms with Crippen molar-refractivity contribution in [1.29, 1.82) is 0 Å². The number of anilines is 1. The van der Waals surface area contributed by atoms with E-state index in [4.69, 9.17) is 0 Å². The molecule has 0 bridgehead atoms. The molecule has 0 saturated heterocycles. The van der Waals surface area contributed by atoms with Crippen molar-refractivity contribution in [2.45, 2.75) is 18.9 Å². The molecule has 150 valence electrons. The molecule has 0 aliphatic heterocycles. The number of rotatable bonds is 4. The van der Waals surface area contributed by atoms with E-state index in [1.54, 1.807) is 12.1 Å². The van der Waals surface area contributed by atoms with Crippen LogP contribution in [0.3, 0.4) is 0 Å². The third kappa shape index (κ3) is 5.16. The Hall–Kier alpha value is -2.75. The Labute approximate surface area is 161 Å². The van der Waals surface area contributed by atoms with Crippen LogP contribution in [0, 0.1) is 0 Å². The maximum atomic E-state index is 12.7. The van der Waals surface area contributed by atoms with E-state index in [2.05, 4.69) is 20.0 Å². The fraction of sp³-hybridized carbons (Fsp3) is 0.176. The first-order valence-corrected chi connectivity index (χ1v) is 7.54. The first-order valence-electron chi connectivity index (χ1n) is 7.54. The van der Waals surface area contributed by atoms with Crippen LogP contribution in [0.25, 0.3) is 11.4 Å². The van der Waals surface area contributed by atoms with E-state index < -0.39 is 23.8 Å². The Morgan fingerprint density at radius 1 is 0.893 bits per heavy atom. The molecule has 0 aliphatic carbocycles. The first kappa shape index (κ1) is 21.5. The van der Waals surface area contributed by atoms with Crippen LogP contribution in [-0.4, -0.2) is 10.1 Å². The van der Waals surface area contributed by atoms with Crippen LogP contribution in [0.1, 0.15) is 17.0 Å². The first-order chi connectivity index (χ1) is 12.6. The Morgan fingerprint density at radius 3 is 2.14 bits per heavy atom. The van der Waals surface area contributed by atoms with Gasteiger partial charge in [0.1, 0.15) is 0 Å². The predicted molar refractivity (Wildman–Crippen MR) is 90.8 cm³/mol. The van der Waals surface area contributed by atoms with Gasteiger partial charge in [0, 0.05) is 17.8 Å². The number of nitrogens with one attached hydrogen (secondary N) is 1. The highest BCUT2D eigenvalue weighted by molar-refractivity contribution is 5.85. The number of halogens is 7. The van der Waals surface area contributed by atoms with Gasteiger partial charge in [0.25, 0.3) is 0 Å². The van der Waals surface area contributed by atoms with Gasteiger partial charge in [0.05, 0.1) is 5.56 Å². The SMILES string of the molecule is Cl.FC(F)(F)c1cccc(NCc2ccc(-c3noc(C(F)(F)F)n3)cc2)c1. The van der Waals surface area contributed by atoms with Crippen molar-refractivity contribution in [3.05, 3.63) is 65.5 Å². The summed E-state index contributed by atoms with van der Waals surface area (Å²) in [5.74, 6) is -1.65. The number of alkyl halides is 6. The molecule has 0 spiro atoms. The van der Waals surface area contributed by atoms with Crippen molar-refractivity contribution < 1.29 is 30.9 Å². The molecule has 0 radical (unpaired) electrons. The monoisotopic (exact) mass is 423 g/mol. The smallest absolute Gasteiger partial charge is 0.381 e. The summed E-state index contributed by atoms with van der Waals surface area (Å²) in [5.41, 5.74) is 0.551. The van der Waals surface area contributed by atoms with Gasteiger partial charge in [-0.3, -0.25) is 0 Å². The summed E-state index contributed by atoms with van der Waals surface area (Å²) < 4.78 is 79.7. The Kier molecular flexibility index (Phi) is 6.23. The molecular weight excluding hydrogens is 412 g/mol. The predicted octanol–water partition coefficient (Wildman–Crippen LogP) is 5.81. The van der Waals surface area contributed by atoms with Crippen LogP contribution in [0.15, 0.2) is 53.1 Å². The van der Waals surface area contributed by atoms with Gasteiger partial charge in [-0.1, -0.05) is 35.5 Å². The van der Waals surface area contributed by atoms with Crippen LogP contribution in [0.5, 0.6) is 0 Å². The molecule has 0 saturated carbocycles. The second-order valence-electron chi connectivity index (χ2n) is 5.55. The highest BCUT2D eigenvalue weighted by Crippen LogP contribution is 2.31. The Bertz CT molecular complexity index is 922. The molecule has 1 aromatic heterocycles. The van der Waals surface area contributed by atoms with Crippen molar-refractivity contribution in [3.63, 3.8) is 0 Å². The van der Waals surface area contributed by atoms with Gasteiger partial charge < -0.3 is 9.84 Å². The van der Waals surface area contributed by atoms with Crippen LogP contribution in [0.2, 0.25) is 0 Å². The van der Waals surface area contributed by atoms with Crippen LogP contribution in [-0.2, 0) is 18.9 Å². The number of nitrogens with zero attached hydrogens (tertiary/aromatic N) is 2. The van der Waals surface area contributed by atoms with Gasteiger partial charge in [-0.2, -0.15) is 31.3 Å². The fourth-order valence-electron chi connectivity index (χ4n) is 2.24. The highest BCUT2D eigenvalue weighted by atomic mass is 35.5. The van der Waals surface area contributed by atoms with E-state index in [1.807, 2.05) is 0 Å². The summed E-state index contributed by atoms with van der Waals surface area (Å²) >= 11 is 0. The lowest BCUT2D eigenvalue weighted by Crippen LogP contribution is -2.06. The molecule has 0 unspecified atom stereocenters. The van der Waals surface area contributed by atoms with Crippen molar-refractivity contribution in [2.75, 3.05) is 5.32 Å². The van der Waals surface area contributed by atoms with Crippen LogP contribution < -0.4 is 5.32 Å². The van der Waals surface area contributed by atoms with Gasteiger partial charge in [-0.05, 0) is 23.8 Å². The minimum Gasteiger partial charge on any atom is -0.381 e. The van der Waals surface area contributed by atoms with Crippen LogP contribution in [0.4, 0.5) is 32.0 Å². The van der Waals surface area contributed by atoms with Crippen molar-refractivity contribution >= 4 is 18.1 Å². The normalized spacial score (nSPS) is 11.8. The maximum absolute atomic E-state index is 12.7. The molecule has 3 rings (SSSR count). The minimum absolute atomic E-state index is 0. The molecule has 2 aromatic carbocycles. The Morgan fingerprint density at radius 2 is 1.57 bits per heavy atom. The average molecular weight is 424 g/mol. The number of hydrogen-bond donors (Lipinski definition) is 1. The number of aromatic nitrogens is 2. The lowest BCUT2D eigenvalue weighted by atomic mass is 10.1. The van der Waals surface area contributed by atoms with E-state index in [0.29, 0.717) is 16.8 Å². The summed E-state index contributed by atoms with van der Waals surface area (Å²) in [5, 5.41) is 6.14. The lowest BCUT2D eigenvalue weighted by molar-refractivity contribution is -0.159.